The second-order valence-corrected chi connectivity index (χ2v) is 7.56. The highest BCUT2D eigenvalue weighted by Crippen LogP contribution is 2.14. The third-order valence-corrected chi connectivity index (χ3v) is 3.86. The Kier molecular flexibility index (Phi) is 7.10. The van der Waals surface area contributed by atoms with Gasteiger partial charge in [0, 0.05) is 25.8 Å². The van der Waals surface area contributed by atoms with E-state index in [9.17, 15) is 18.0 Å². The van der Waals surface area contributed by atoms with Crippen LogP contribution in [0, 0.1) is 0 Å². The highest BCUT2D eigenvalue weighted by Gasteiger charge is 2.26. The molecule has 1 unspecified atom stereocenters. The van der Waals surface area contributed by atoms with E-state index < -0.39 is 21.9 Å². The van der Waals surface area contributed by atoms with Gasteiger partial charge in [-0.1, -0.05) is 19.3 Å². The molecule has 2 fully saturated rings. The maximum Gasteiger partial charge on any atom is 0.303 e. The molecule has 0 aromatic rings. The van der Waals surface area contributed by atoms with E-state index in [1.165, 1.54) is 24.2 Å². The predicted molar refractivity (Wildman–Crippen MR) is 76.8 cm³/mol. The fourth-order valence-corrected chi connectivity index (χ4v) is 2.63. The summed E-state index contributed by atoms with van der Waals surface area (Å²) in [6.07, 6.45) is 4.80. The molecule has 1 saturated carbocycles. The lowest BCUT2D eigenvalue weighted by Gasteiger charge is -2.32. The Bertz CT molecular complexity index is 457. The van der Waals surface area contributed by atoms with Crippen LogP contribution in [-0.4, -0.2) is 68.1 Å². The molecule has 21 heavy (non-hydrogen) atoms. The molecule has 1 saturated heterocycles. The van der Waals surface area contributed by atoms with E-state index in [2.05, 4.69) is 0 Å². The fraction of sp³-hybridized carbons (Fsp3) is 0.846. The van der Waals surface area contributed by atoms with Crippen LogP contribution in [0.5, 0.6) is 0 Å². The Morgan fingerprint density at radius 3 is 2.33 bits per heavy atom. The van der Waals surface area contributed by atoms with E-state index >= 15 is 0 Å². The molecule has 0 aromatic heterocycles. The van der Waals surface area contributed by atoms with Crippen LogP contribution in [0.25, 0.3) is 0 Å². The Labute approximate surface area is 125 Å². The van der Waals surface area contributed by atoms with Gasteiger partial charge in [-0.25, -0.2) is 8.42 Å². The number of hydrogen-bond donors (Lipinski definition) is 1. The minimum absolute atomic E-state index is 0.0685. The largest absolute Gasteiger partial charge is 0.481 e. The number of ether oxygens (including phenoxy) is 1. The molecule has 8 heteroatoms. The van der Waals surface area contributed by atoms with Crippen LogP contribution >= 0.6 is 0 Å². The SMILES string of the molecule is C1CC1.CS(=O)(=O)CC1CN(C(=O)CCC(=O)O)CCO1. The molecule has 0 spiro atoms. The normalized spacial score (nSPS) is 21.2. The minimum Gasteiger partial charge on any atom is -0.481 e. The average molecular weight is 321 g/mol. The number of aliphatic carboxylic acids is 1. The van der Waals surface area contributed by atoms with Crippen molar-refractivity contribution in [1.29, 1.82) is 0 Å². The summed E-state index contributed by atoms with van der Waals surface area (Å²) in [5, 5.41) is 8.49. The van der Waals surface area contributed by atoms with Crippen molar-refractivity contribution in [3.63, 3.8) is 0 Å². The van der Waals surface area contributed by atoms with Gasteiger partial charge in [-0.3, -0.25) is 9.59 Å². The van der Waals surface area contributed by atoms with Gasteiger partial charge in [0.15, 0.2) is 0 Å². The standard InChI is InChI=1S/C10H17NO6S.C3H6/c1-18(15,16)7-8-6-11(4-5-17-8)9(12)2-3-10(13)14;1-2-3-1/h8H,2-7H2,1H3,(H,13,14);1-3H2. The lowest BCUT2D eigenvalue weighted by Crippen LogP contribution is -2.47. The maximum atomic E-state index is 11.7. The second kappa shape index (κ2) is 8.33. The molecule has 0 radical (unpaired) electrons. The number of amides is 1. The summed E-state index contributed by atoms with van der Waals surface area (Å²) < 4.78 is 27.5. The number of carbonyl (C=O) groups is 2. The lowest BCUT2D eigenvalue weighted by molar-refractivity contribution is -0.143. The lowest BCUT2D eigenvalue weighted by atomic mass is 10.2. The van der Waals surface area contributed by atoms with E-state index in [-0.39, 0.29) is 37.7 Å². The molecule has 0 bridgehead atoms. The first-order valence-electron chi connectivity index (χ1n) is 7.07. The molecule has 2 rings (SSSR count). The van der Waals surface area contributed by atoms with Crippen molar-refractivity contribution >= 4 is 21.7 Å². The van der Waals surface area contributed by atoms with Crippen LogP contribution in [0.3, 0.4) is 0 Å². The Hall–Kier alpha value is -1.15. The summed E-state index contributed by atoms with van der Waals surface area (Å²) in [5.41, 5.74) is 0. The van der Waals surface area contributed by atoms with E-state index in [4.69, 9.17) is 9.84 Å². The van der Waals surface area contributed by atoms with Gasteiger partial charge in [0.25, 0.3) is 0 Å². The number of carbonyl (C=O) groups excluding carboxylic acids is 1. The van der Waals surface area contributed by atoms with Crippen molar-refractivity contribution in [3.05, 3.63) is 0 Å². The number of carboxylic acid groups (broad SMARTS) is 1. The van der Waals surface area contributed by atoms with Gasteiger partial charge in [-0.2, -0.15) is 0 Å². The van der Waals surface area contributed by atoms with Gasteiger partial charge in [0.1, 0.15) is 9.84 Å². The van der Waals surface area contributed by atoms with Crippen molar-refractivity contribution in [3.8, 4) is 0 Å². The van der Waals surface area contributed by atoms with Gasteiger partial charge in [0.05, 0.1) is 24.9 Å². The monoisotopic (exact) mass is 321 g/mol. The van der Waals surface area contributed by atoms with Crippen LogP contribution in [0.1, 0.15) is 32.1 Å². The van der Waals surface area contributed by atoms with Gasteiger partial charge in [0.2, 0.25) is 5.91 Å². The first kappa shape index (κ1) is 17.9. The molecule has 0 aromatic carbocycles. The molecule has 1 aliphatic heterocycles. The zero-order valence-corrected chi connectivity index (χ0v) is 13.1. The highest BCUT2D eigenvalue weighted by atomic mass is 32.2. The van der Waals surface area contributed by atoms with Gasteiger partial charge < -0.3 is 14.7 Å². The molecular formula is C13H23NO6S. The fourth-order valence-electron chi connectivity index (χ4n) is 1.76. The average Bonchev–Trinajstić information content (AvgIpc) is 3.22. The van der Waals surface area contributed by atoms with Crippen molar-refractivity contribution in [1.82, 2.24) is 4.90 Å². The topological polar surface area (TPSA) is 101 Å². The molecule has 122 valence electrons. The Balaban J connectivity index is 0.000000647. The van der Waals surface area contributed by atoms with Crippen molar-refractivity contribution in [2.24, 2.45) is 0 Å². The highest BCUT2D eigenvalue weighted by molar-refractivity contribution is 7.90. The zero-order chi connectivity index (χ0) is 15.9. The van der Waals surface area contributed by atoms with Crippen LogP contribution in [0.4, 0.5) is 0 Å². The molecule has 1 heterocycles. The van der Waals surface area contributed by atoms with Crippen LogP contribution in [-0.2, 0) is 24.2 Å². The number of nitrogens with zero attached hydrogens (tertiary/aromatic N) is 1. The predicted octanol–water partition coefficient (Wildman–Crippen LogP) is 0.294. The van der Waals surface area contributed by atoms with E-state index in [1.54, 1.807) is 0 Å². The van der Waals surface area contributed by atoms with Crippen LogP contribution < -0.4 is 0 Å². The third kappa shape index (κ3) is 9.41. The van der Waals surface area contributed by atoms with E-state index in [0.717, 1.165) is 6.26 Å². The van der Waals surface area contributed by atoms with Gasteiger partial charge >= 0.3 is 5.97 Å². The summed E-state index contributed by atoms with van der Waals surface area (Å²) in [6.45, 7) is 0.850. The van der Waals surface area contributed by atoms with Crippen LogP contribution in [0.15, 0.2) is 0 Å². The van der Waals surface area contributed by atoms with Gasteiger partial charge in [-0.05, 0) is 0 Å². The summed E-state index contributed by atoms with van der Waals surface area (Å²) in [5.74, 6) is -1.43. The summed E-state index contributed by atoms with van der Waals surface area (Å²) in [6, 6.07) is 0. The molecule has 1 atom stereocenters. The second-order valence-electron chi connectivity index (χ2n) is 5.38. The molecule has 7 nitrogen and oxygen atoms in total. The number of hydrogen-bond acceptors (Lipinski definition) is 5. The summed E-state index contributed by atoms with van der Waals surface area (Å²) in [4.78, 5) is 23.5. The van der Waals surface area contributed by atoms with Gasteiger partial charge in [-0.15, -0.1) is 0 Å². The summed E-state index contributed by atoms with van der Waals surface area (Å²) >= 11 is 0. The zero-order valence-electron chi connectivity index (χ0n) is 12.3. The van der Waals surface area contributed by atoms with Crippen molar-refractivity contribution < 1.29 is 27.9 Å². The summed E-state index contributed by atoms with van der Waals surface area (Å²) in [7, 11) is -3.16. The molecule has 1 aliphatic carbocycles. The van der Waals surface area contributed by atoms with E-state index in [0.29, 0.717) is 6.54 Å². The smallest absolute Gasteiger partial charge is 0.303 e. The molecule has 1 N–H and O–H groups in total. The Morgan fingerprint density at radius 2 is 1.86 bits per heavy atom. The first-order chi connectivity index (χ1) is 9.78. The van der Waals surface area contributed by atoms with Crippen LogP contribution in [0.2, 0.25) is 0 Å². The number of sulfone groups is 1. The van der Waals surface area contributed by atoms with Crippen molar-refractivity contribution in [2.75, 3.05) is 31.7 Å². The van der Waals surface area contributed by atoms with E-state index in [1.807, 2.05) is 0 Å². The molecule has 2 aliphatic rings. The molecular weight excluding hydrogens is 298 g/mol. The third-order valence-electron chi connectivity index (χ3n) is 2.89. The van der Waals surface area contributed by atoms with Crippen molar-refractivity contribution in [2.45, 2.75) is 38.2 Å². The quantitative estimate of drug-likeness (QED) is 0.781. The number of rotatable bonds is 5. The first-order valence-corrected chi connectivity index (χ1v) is 9.13. The maximum absolute atomic E-state index is 11.7. The number of carboxylic acids is 1. The Morgan fingerprint density at radius 1 is 1.24 bits per heavy atom. The molecule has 1 amide bonds. The number of morpholine rings is 1. The minimum atomic E-state index is -3.16.